The molecule has 3 rings (SSSR count). The summed E-state index contributed by atoms with van der Waals surface area (Å²) in [4.78, 5) is 5.12. The first-order valence-electron chi connectivity index (χ1n) is 10.5. The maximum absolute atomic E-state index is 12.7. The first-order valence-corrected chi connectivity index (χ1v) is 12.0. The van der Waals surface area contributed by atoms with Gasteiger partial charge in [0.2, 0.25) is 10.0 Å². The molecule has 30 heavy (non-hydrogen) atoms. The van der Waals surface area contributed by atoms with Crippen molar-refractivity contribution in [2.24, 2.45) is 0 Å². The van der Waals surface area contributed by atoms with E-state index >= 15 is 0 Å². The van der Waals surface area contributed by atoms with E-state index in [1.54, 1.807) is 13.2 Å². The van der Waals surface area contributed by atoms with Crippen LogP contribution in [0, 0.1) is 20.8 Å². The van der Waals surface area contributed by atoms with Crippen molar-refractivity contribution in [2.45, 2.75) is 32.1 Å². The van der Waals surface area contributed by atoms with E-state index in [1.807, 2.05) is 45.0 Å². The highest BCUT2D eigenvalue weighted by molar-refractivity contribution is 7.89. The molecule has 0 radical (unpaired) electrons. The largest absolute Gasteiger partial charge is 0.495 e. The minimum atomic E-state index is -3.48. The number of para-hydroxylation sites is 2. The van der Waals surface area contributed by atoms with E-state index in [2.05, 4.69) is 20.6 Å². The summed E-state index contributed by atoms with van der Waals surface area (Å²) in [6.45, 7) is 10.9. The van der Waals surface area contributed by atoms with Crippen LogP contribution in [0.2, 0.25) is 0 Å². The Morgan fingerprint density at radius 3 is 2.33 bits per heavy atom. The molecule has 7 heteroatoms. The zero-order valence-corrected chi connectivity index (χ0v) is 19.3. The molecule has 0 atom stereocenters. The molecule has 1 aliphatic heterocycles. The number of aryl methyl sites for hydroxylation is 3. The second-order valence-corrected chi connectivity index (χ2v) is 9.69. The lowest BCUT2D eigenvalue weighted by atomic mass is 10.1. The van der Waals surface area contributed by atoms with E-state index in [9.17, 15) is 8.42 Å². The van der Waals surface area contributed by atoms with Gasteiger partial charge in [-0.3, -0.25) is 4.90 Å². The topological polar surface area (TPSA) is 61.9 Å². The third kappa shape index (κ3) is 5.33. The van der Waals surface area contributed by atoms with Gasteiger partial charge in [-0.15, -0.1) is 0 Å². The third-order valence-electron chi connectivity index (χ3n) is 5.82. The van der Waals surface area contributed by atoms with Crippen LogP contribution in [0.4, 0.5) is 5.69 Å². The van der Waals surface area contributed by atoms with E-state index in [4.69, 9.17) is 4.74 Å². The smallest absolute Gasteiger partial charge is 0.240 e. The molecule has 0 unspecified atom stereocenters. The van der Waals surface area contributed by atoms with Crippen molar-refractivity contribution in [3.63, 3.8) is 0 Å². The van der Waals surface area contributed by atoms with E-state index in [0.29, 0.717) is 11.4 Å². The van der Waals surface area contributed by atoms with Crippen LogP contribution in [0.1, 0.15) is 23.1 Å². The molecule has 2 aromatic carbocycles. The zero-order chi connectivity index (χ0) is 21.7. The number of ether oxygens (including phenoxy) is 1. The Labute approximate surface area is 180 Å². The van der Waals surface area contributed by atoms with Crippen LogP contribution in [-0.4, -0.2) is 59.7 Å². The van der Waals surface area contributed by atoms with Gasteiger partial charge in [0.15, 0.2) is 0 Å². The number of methoxy groups -OCH3 is 1. The maximum Gasteiger partial charge on any atom is 0.240 e. The Morgan fingerprint density at radius 2 is 1.63 bits per heavy atom. The first kappa shape index (κ1) is 22.6. The maximum atomic E-state index is 12.7. The Kier molecular flexibility index (Phi) is 7.39. The van der Waals surface area contributed by atoms with Crippen molar-refractivity contribution < 1.29 is 13.2 Å². The summed E-state index contributed by atoms with van der Waals surface area (Å²) in [5, 5.41) is 0. The van der Waals surface area contributed by atoms with Gasteiger partial charge in [-0.2, -0.15) is 0 Å². The summed E-state index contributed by atoms with van der Waals surface area (Å²) < 4.78 is 33.6. The zero-order valence-electron chi connectivity index (χ0n) is 18.4. The van der Waals surface area contributed by atoms with Gasteiger partial charge in [-0.25, -0.2) is 13.1 Å². The van der Waals surface area contributed by atoms with Gasteiger partial charge in [0.25, 0.3) is 0 Å². The monoisotopic (exact) mass is 431 g/mol. The predicted molar refractivity (Wildman–Crippen MR) is 122 cm³/mol. The molecule has 0 aliphatic carbocycles. The molecule has 0 saturated carbocycles. The second kappa shape index (κ2) is 9.81. The standard InChI is InChI=1S/C23H33N3O3S/c1-18-16-20(3)23(17-19(18)2)30(27,28)24-10-7-11-25-12-14-26(15-13-25)21-8-5-6-9-22(21)29-4/h5-6,8-9,16-17,24H,7,10-15H2,1-4H3. The van der Waals surface area contributed by atoms with Crippen LogP contribution in [-0.2, 0) is 10.0 Å². The fourth-order valence-corrected chi connectivity index (χ4v) is 5.30. The number of nitrogens with one attached hydrogen (secondary N) is 1. The van der Waals surface area contributed by atoms with Crippen LogP contribution in [0.15, 0.2) is 41.3 Å². The Balaban J connectivity index is 1.46. The van der Waals surface area contributed by atoms with Crippen LogP contribution in [0.5, 0.6) is 5.75 Å². The average Bonchev–Trinajstić information content (AvgIpc) is 2.74. The molecule has 1 N–H and O–H groups in total. The fourth-order valence-electron chi connectivity index (χ4n) is 3.91. The molecule has 1 saturated heterocycles. The van der Waals surface area contributed by atoms with E-state index in [-0.39, 0.29) is 0 Å². The lowest BCUT2D eigenvalue weighted by molar-refractivity contribution is 0.254. The van der Waals surface area contributed by atoms with Crippen LogP contribution < -0.4 is 14.4 Å². The quantitative estimate of drug-likeness (QED) is 0.651. The molecule has 0 amide bonds. The van der Waals surface area contributed by atoms with Gasteiger partial charge in [0, 0.05) is 32.7 Å². The molecule has 0 bridgehead atoms. The van der Waals surface area contributed by atoms with Crippen molar-refractivity contribution in [3.8, 4) is 5.75 Å². The molecular formula is C23H33N3O3S. The molecular weight excluding hydrogens is 398 g/mol. The number of piperazine rings is 1. The lowest BCUT2D eigenvalue weighted by Gasteiger charge is -2.36. The van der Waals surface area contributed by atoms with Gasteiger partial charge in [-0.1, -0.05) is 18.2 Å². The lowest BCUT2D eigenvalue weighted by Crippen LogP contribution is -2.47. The Morgan fingerprint density at radius 1 is 0.967 bits per heavy atom. The highest BCUT2D eigenvalue weighted by atomic mass is 32.2. The van der Waals surface area contributed by atoms with Gasteiger partial charge >= 0.3 is 0 Å². The van der Waals surface area contributed by atoms with Crippen molar-refractivity contribution in [1.82, 2.24) is 9.62 Å². The number of rotatable bonds is 8. The molecule has 164 valence electrons. The summed E-state index contributed by atoms with van der Waals surface area (Å²) in [7, 11) is -1.77. The molecule has 6 nitrogen and oxygen atoms in total. The van der Waals surface area contributed by atoms with Gasteiger partial charge in [0.05, 0.1) is 17.7 Å². The Bertz CT molecular complexity index is 968. The summed E-state index contributed by atoms with van der Waals surface area (Å²) >= 11 is 0. The van der Waals surface area contributed by atoms with Gasteiger partial charge in [0.1, 0.15) is 5.75 Å². The number of benzene rings is 2. The van der Waals surface area contributed by atoms with E-state index < -0.39 is 10.0 Å². The number of nitrogens with zero attached hydrogens (tertiary/aromatic N) is 2. The van der Waals surface area contributed by atoms with Gasteiger partial charge < -0.3 is 9.64 Å². The van der Waals surface area contributed by atoms with Crippen LogP contribution in [0.3, 0.4) is 0 Å². The first-order chi connectivity index (χ1) is 14.3. The van der Waals surface area contributed by atoms with Crippen LogP contribution in [0.25, 0.3) is 0 Å². The number of hydrogen-bond donors (Lipinski definition) is 1. The SMILES string of the molecule is COc1ccccc1N1CCN(CCCNS(=O)(=O)c2cc(C)c(C)cc2C)CC1. The number of sulfonamides is 1. The summed E-state index contributed by atoms with van der Waals surface area (Å²) in [6.07, 6.45) is 0.789. The molecule has 0 spiro atoms. The third-order valence-corrected chi connectivity index (χ3v) is 7.43. The van der Waals surface area contributed by atoms with Crippen molar-refractivity contribution in [1.29, 1.82) is 0 Å². The summed E-state index contributed by atoms with van der Waals surface area (Å²) in [6, 6.07) is 11.8. The second-order valence-electron chi connectivity index (χ2n) is 7.95. The summed E-state index contributed by atoms with van der Waals surface area (Å²) in [5.41, 5.74) is 4.03. The normalized spacial score (nSPS) is 15.4. The van der Waals surface area contributed by atoms with E-state index in [1.165, 1.54) is 0 Å². The van der Waals surface area contributed by atoms with Crippen LogP contribution >= 0.6 is 0 Å². The van der Waals surface area contributed by atoms with E-state index in [0.717, 1.165) is 67.3 Å². The van der Waals surface area contributed by atoms with Gasteiger partial charge in [-0.05, 0) is 68.6 Å². The minimum Gasteiger partial charge on any atom is -0.495 e. The highest BCUT2D eigenvalue weighted by Crippen LogP contribution is 2.28. The van der Waals surface area contributed by atoms with Crippen molar-refractivity contribution in [3.05, 3.63) is 53.1 Å². The number of hydrogen-bond acceptors (Lipinski definition) is 5. The molecule has 1 fully saturated rings. The molecule has 1 heterocycles. The molecule has 2 aromatic rings. The van der Waals surface area contributed by atoms with Crippen molar-refractivity contribution >= 4 is 15.7 Å². The number of anilines is 1. The average molecular weight is 432 g/mol. The summed E-state index contributed by atoms with van der Waals surface area (Å²) in [5.74, 6) is 0.905. The fraction of sp³-hybridized carbons (Fsp3) is 0.478. The van der Waals surface area contributed by atoms with Crippen molar-refractivity contribution in [2.75, 3.05) is 51.3 Å². The Hall–Kier alpha value is -2.09. The molecule has 0 aromatic heterocycles. The molecule has 1 aliphatic rings. The minimum absolute atomic E-state index is 0.385. The highest BCUT2D eigenvalue weighted by Gasteiger charge is 2.20. The predicted octanol–water partition coefficient (Wildman–Crippen LogP) is 3.11.